The zero-order chi connectivity index (χ0) is 15.8. The molecule has 0 fully saturated rings. The fourth-order valence-electron chi connectivity index (χ4n) is 2.39. The molecule has 0 spiro atoms. The van der Waals surface area contributed by atoms with Crippen LogP contribution in [0.4, 0.5) is 5.69 Å². The fraction of sp³-hybridized carbons (Fsp3) is 0.333. The number of aromatic nitrogens is 1. The maximum absolute atomic E-state index is 12.1. The minimum Gasteiger partial charge on any atom is -0.324 e. The maximum Gasteiger partial charge on any atom is 0.238 e. The Kier molecular flexibility index (Phi) is 6.10. The van der Waals surface area contributed by atoms with Gasteiger partial charge in [0.15, 0.2) is 0 Å². The van der Waals surface area contributed by atoms with Gasteiger partial charge in [0.25, 0.3) is 0 Å². The van der Waals surface area contributed by atoms with E-state index >= 15 is 0 Å². The predicted molar refractivity (Wildman–Crippen MR) is 89.8 cm³/mol. The third-order valence-electron chi connectivity index (χ3n) is 3.58. The van der Waals surface area contributed by atoms with Crippen molar-refractivity contribution in [2.24, 2.45) is 0 Å². The molecule has 0 saturated heterocycles. The number of anilines is 1. The molecule has 1 aromatic carbocycles. The van der Waals surface area contributed by atoms with Crippen molar-refractivity contribution < 1.29 is 4.79 Å². The number of hydrogen-bond acceptors (Lipinski definition) is 3. The summed E-state index contributed by atoms with van der Waals surface area (Å²) in [6.07, 6.45) is 3.57. The van der Waals surface area contributed by atoms with Gasteiger partial charge < -0.3 is 10.6 Å². The molecule has 0 atom stereocenters. The SMILES string of the molecule is CCc1cccc(CC)c1NC(=O)CNCc1ccccn1. The van der Waals surface area contributed by atoms with Gasteiger partial charge in [0, 0.05) is 18.4 Å². The second-order valence-corrected chi connectivity index (χ2v) is 5.13. The second-order valence-electron chi connectivity index (χ2n) is 5.13. The van der Waals surface area contributed by atoms with Gasteiger partial charge in [-0.2, -0.15) is 0 Å². The van der Waals surface area contributed by atoms with E-state index in [9.17, 15) is 4.79 Å². The lowest BCUT2D eigenvalue weighted by Gasteiger charge is -2.14. The van der Waals surface area contributed by atoms with Crippen LogP contribution in [0.15, 0.2) is 42.6 Å². The molecular weight excluding hydrogens is 274 g/mol. The summed E-state index contributed by atoms with van der Waals surface area (Å²) >= 11 is 0. The van der Waals surface area contributed by atoms with E-state index in [0.29, 0.717) is 6.54 Å². The molecule has 1 aromatic heterocycles. The number of nitrogens with one attached hydrogen (secondary N) is 2. The number of para-hydroxylation sites is 1. The lowest BCUT2D eigenvalue weighted by atomic mass is 10.0. The van der Waals surface area contributed by atoms with Crippen molar-refractivity contribution in [1.82, 2.24) is 10.3 Å². The number of aryl methyl sites for hydroxylation is 2. The summed E-state index contributed by atoms with van der Waals surface area (Å²) in [4.78, 5) is 16.4. The standard InChI is InChI=1S/C18H23N3O/c1-3-14-8-7-9-15(4-2)18(14)21-17(22)13-19-12-16-10-5-6-11-20-16/h5-11,19H,3-4,12-13H2,1-2H3,(H,21,22). The molecule has 22 heavy (non-hydrogen) atoms. The maximum atomic E-state index is 12.1. The van der Waals surface area contributed by atoms with Gasteiger partial charge >= 0.3 is 0 Å². The smallest absolute Gasteiger partial charge is 0.238 e. The molecule has 1 heterocycles. The molecule has 0 saturated carbocycles. The average Bonchev–Trinajstić information content (AvgIpc) is 2.56. The van der Waals surface area contributed by atoms with Gasteiger partial charge in [-0.25, -0.2) is 0 Å². The highest BCUT2D eigenvalue weighted by Crippen LogP contribution is 2.22. The quantitative estimate of drug-likeness (QED) is 0.826. The molecule has 0 radical (unpaired) electrons. The summed E-state index contributed by atoms with van der Waals surface area (Å²) in [7, 11) is 0. The number of nitrogens with zero attached hydrogens (tertiary/aromatic N) is 1. The van der Waals surface area contributed by atoms with Gasteiger partial charge in [-0.05, 0) is 36.1 Å². The molecule has 2 N–H and O–H groups in total. The molecule has 1 amide bonds. The fourth-order valence-corrected chi connectivity index (χ4v) is 2.39. The van der Waals surface area contributed by atoms with E-state index in [-0.39, 0.29) is 12.5 Å². The van der Waals surface area contributed by atoms with E-state index in [1.165, 1.54) is 11.1 Å². The number of pyridine rings is 1. The largest absolute Gasteiger partial charge is 0.324 e. The Morgan fingerprint density at radius 2 is 1.77 bits per heavy atom. The van der Waals surface area contributed by atoms with Gasteiger partial charge in [0.05, 0.1) is 12.2 Å². The van der Waals surface area contributed by atoms with Crippen LogP contribution in [-0.4, -0.2) is 17.4 Å². The minimum atomic E-state index is -0.0217. The number of carbonyl (C=O) groups excluding carboxylic acids is 1. The van der Waals surface area contributed by atoms with Crippen LogP contribution in [0.3, 0.4) is 0 Å². The molecule has 0 bridgehead atoms. The molecule has 4 nitrogen and oxygen atoms in total. The van der Waals surface area contributed by atoms with E-state index in [4.69, 9.17) is 0 Å². The van der Waals surface area contributed by atoms with Gasteiger partial charge in [0.2, 0.25) is 5.91 Å². The van der Waals surface area contributed by atoms with Crippen molar-refractivity contribution in [2.45, 2.75) is 33.2 Å². The van der Waals surface area contributed by atoms with Gasteiger partial charge in [-0.15, -0.1) is 0 Å². The Bertz CT molecular complexity index is 589. The number of carbonyl (C=O) groups is 1. The highest BCUT2D eigenvalue weighted by molar-refractivity contribution is 5.93. The molecule has 0 aliphatic carbocycles. The minimum absolute atomic E-state index is 0.0217. The Hall–Kier alpha value is -2.20. The molecule has 4 heteroatoms. The first kappa shape index (κ1) is 16.2. The topological polar surface area (TPSA) is 54.0 Å². The predicted octanol–water partition coefficient (Wildman–Crippen LogP) is 2.93. The molecule has 116 valence electrons. The normalized spacial score (nSPS) is 10.5. The van der Waals surface area contributed by atoms with Crippen molar-refractivity contribution in [3.05, 3.63) is 59.4 Å². The summed E-state index contributed by atoms with van der Waals surface area (Å²) < 4.78 is 0. The molecule has 2 rings (SSSR count). The summed E-state index contributed by atoms with van der Waals surface area (Å²) in [5.74, 6) is -0.0217. The highest BCUT2D eigenvalue weighted by Gasteiger charge is 2.09. The molecule has 0 aliphatic rings. The Morgan fingerprint density at radius 1 is 1.05 bits per heavy atom. The summed E-state index contributed by atoms with van der Waals surface area (Å²) in [6.45, 7) is 5.07. The summed E-state index contributed by atoms with van der Waals surface area (Å²) in [6, 6.07) is 11.9. The monoisotopic (exact) mass is 297 g/mol. The van der Waals surface area contributed by atoms with Crippen molar-refractivity contribution >= 4 is 11.6 Å². The van der Waals surface area contributed by atoms with Crippen LogP contribution in [0.1, 0.15) is 30.7 Å². The Labute approximate surface area is 132 Å². The second kappa shape index (κ2) is 8.29. The van der Waals surface area contributed by atoms with Crippen molar-refractivity contribution in [3.8, 4) is 0 Å². The van der Waals surface area contributed by atoms with Crippen LogP contribution < -0.4 is 10.6 Å². The number of hydrogen-bond donors (Lipinski definition) is 2. The first-order valence-corrected chi connectivity index (χ1v) is 7.75. The Morgan fingerprint density at radius 3 is 2.36 bits per heavy atom. The zero-order valence-electron chi connectivity index (χ0n) is 13.2. The van der Waals surface area contributed by atoms with E-state index in [1.807, 2.05) is 24.3 Å². The zero-order valence-corrected chi connectivity index (χ0v) is 13.2. The van der Waals surface area contributed by atoms with E-state index in [0.717, 1.165) is 24.2 Å². The first-order valence-electron chi connectivity index (χ1n) is 7.75. The number of rotatable bonds is 7. The van der Waals surface area contributed by atoms with Gasteiger partial charge in [-0.3, -0.25) is 9.78 Å². The molecule has 0 aliphatic heterocycles. The summed E-state index contributed by atoms with van der Waals surface area (Å²) in [5.41, 5.74) is 4.26. The van der Waals surface area contributed by atoms with E-state index < -0.39 is 0 Å². The van der Waals surface area contributed by atoms with E-state index in [2.05, 4.69) is 41.6 Å². The number of benzene rings is 1. The van der Waals surface area contributed by atoms with E-state index in [1.54, 1.807) is 6.20 Å². The van der Waals surface area contributed by atoms with Crippen LogP contribution in [0, 0.1) is 0 Å². The van der Waals surface area contributed by atoms with Crippen LogP contribution in [-0.2, 0) is 24.2 Å². The van der Waals surface area contributed by atoms with Gasteiger partial charge in [0.1, 0.15) is 0 Å². The summed E-state index contributed by atoms with van der Waals surface area (Å²) in [5, 5.41) is 6.17. The van der Waals surface area contributed by atoms with Crippen molar-refractivity contribution in [1.29, 1.82) is 0 Å². The molecule has 2 aromatic rings. The average molecular weight is 297 g/mol. The van der Waals surface area contributed by atoms with Crippen LogP contribution in [0.5, 0.6) is 0 Å². The van der Waals surface area contributed by atoms with Crippen LogP contribution in [0.2, 0.25) is 0 Å². The lowest BCUT2D eigenvalue weighted by molar-refractivity contribution is -0.115. The Balaban J connectivity index is 1.92. The third-order valence-corrected chi connectivity index (χ3v) is 3.58. The van der Waals surface area contributed by atoms with Crippen LogP contribution in [0.25, 0.3) is 0 Å². The highest BCUT2D eigenvalue weighted by atomic mass is 16.1. The first-order chi connectivity index (χ1) is 10.7. The van der Waals surface area contributed by atoms with Crippen molar-refractivity contribution in [2.75, 3.05) is 11.9 Å². The number of amides is 1. The molecule has 0 unspecified atom stereocenters. The van der Waals surface area contributed by atoms with Gasteiger partial charge in [-0.1, -0.05) is 38.1 Å². The van der Waals surface area contributed by atoms with Crippen LogP contribution >= 0.6 is 0 Å². The molecular formula is C18H23N3O. The van der Waals surface area contributed by atoms with Crippen molar-refractivity contribution in [3.63, 3.8) is 0 Å². The third kappa shape index (κ3) is 4.40. The lowest BCUT2D eigenvalue weighted by Crippen LogP contribution is -2.28.